The zero-order chi connectivity index (χ0) is 27.7. The summed E-state index contributed by atoms with van der Waals surface area (Å²) in [6.45, 7) is 6.82. The molecule has 2 aliphatic heterocycles. The number of aliphatic hydroxyl groups excluding tert-OH is 1. The Bertz CT molecular complexity index is 1410. The predicted octanol–water partition coefficient (Wildman–Crippen LogP) is 5.66. The van der Waals surface area contributed by atoms with E-state index in [0.29, 0.717) is 47.3 Å². The molecular formula is C31H33NO7. The maximum atomic E-state index is 13.4. The third kappa shape index (κ3) is 5.24. The van der Waals surface area contributed by atoms with Gasteiger partial charge in [-0.05, 0) is 72.9 Å². The first-order chi connectivity index (χ1) is 18.8. The monoisotopic (exact) mass is 531 g/mol. The van der Waals surface area contributed by atoms with E-state index >= 15 is 0 Å². The van der Waals surface area contributed by atoms with Crippen LogP contribution in [-0.2, 0) is 22.6 Å². The number of Topliss-reactive ketones (excluding diaryl/α,β-unsaturated/α-hetero) is 1. The Hall–Kier alpha value is -4.20. The van der Waals surface area contributed by atoms with Crippen molar-refractivity contribution in [3.63, 3.8) is 0 Å². The number of benzene rings is 2. The lowest BCUT2D eigenvalue weighted by atomic mass is 9.94. The molecule has 1 fully saturated rings. The van der Waals surface area contributed by atoms with Crippen LogP contribution in [0.3, 0.4) is 0 Å². The van der Waals surface area contributed by atoms with Crippen molar-refractivity contribution in [3.8, 4) is 17.2 Å². The highest BCUT2D eigenvalue weighted by Crippen LogP contribution is 2.43. The van der Waals surface area contributed by atoms with Gasteiger partial charge in [-0.15, -0.1) is 0 Å². The smallest absolute Gasteiger partial charge is 0.296 e. The first-order valence-corrected chi connectivity index (χ1v) is 13.2. The number of ketones is 1. The lowest BCUT2D eigenvalue weighted by molar-refractivity contribution is -0.140. The number of ether oxygens (including phenoxy) is 3. The molecule has 3 aromatic rings. The molecular weight excluding hydrogens is 498 g/mol. The Kier molecular flexibility index (Phi) is 7.37. The number of hydrogen-bond acceptors (Lipinski definition) is 7. The van der Waals surface area contributed by atoms with Crippen LogP contribution >= 0.6 is 0 Å². The third-order valence-corrected chi connectivity index (χ3v) is 7.07. The molecule has 1 saturated heterocycles. The van der Waals surface area contributed by atoms with Crippen LogP contribution in [0, 0.1) is 5.92 Å². The number of aliphatic hydroxyl groups is 1. The zero-order valence-electron chi connectivity index (χ0n) is 22.6. The van der Waals surface area contributed by atoms with Crippen molar-refractivity contribution < 1.29 is 33.3 Å². The van der Waals surface area contributed by atoms with E-state index < -0.39 is 17.7 Å². The molecule has 8 heteroatoms. The minimum absolute atomic E-state index is 0.00833. The predicted molar refractivity (Wildman–Crippen MR) is 145 cm³/mol. The number of furan rings is 1. The fourth-order valence-electron chi connectivity index (χ4n) is 5.06. The molecule has 2 aromatic carbocycles. The molecule has 1 N–H and O–H groups in total. The summed E-state index contributed by atoms with van der Waals surface area (Å²) < 4.78 is 22.8. The Morgan fingerprint density at radius 3 is 2.67 bits per heavy atom. The highest BCUT2D eigenvalue weighted by molar-refractivity contribution is 6.46. The number of rotatable bonds is 9. The Labute approximate surface area is 227 Å². The standard InChI is InChI=1S/C31H33NO7/c1-18(2)11-13-38-25-10-7-20(16-26(25)36-4)28-27(30(34)31(35)32(28)17-23-6-5-12-37-23)29(33)21-8-9-24-22(15-21)14-19(3)39-24/h5-10,12,15-16,18-19,28,33H,11,13-14,17H2,1-4H3. The number of amides is 1. The summed E-state index contributed by atoms with van der Waals surface area (Å²) >= 11 is 0. The lowest BCUT2D eigenvalue weighted by Gasteiger charge is -2.25. The second-order valence-electron chi connectivity index (χ2n) is 10.4. The first-order valence-electron chi connectivity index (χ1n) is 13.2. The van der Waals surface area contributed by atoms with Gasteiger partial charge in [-0.25, -0.2) is 0 Å². The topological polar surface area (TPSA) is 98.4 Å². The summed E-state index contributed by atoms with van der Waals surface area (Å²) in [4.78, 5) is 28.2. The first kappa shape index (κ1) is 26.4. The van der Waals surface area contributed by atoms with Crippen LogP contribution in [0.2, 0.25) is 0 Å². The Morgan fingerprint density at radius 1 is 1.13 bits per heavy atom. The van der Waals surface area contributed by atoms with Crippen LogP contribution in [0.5, 0.6) is 17.2 Å². The van der Waals surface area contributed by atoms with E-state index in [4.69, 9.17) is 18.6 Å². The van der Waals surface area contributed by atoms with E-state index in [-0.39, 0.29) is 24.0 Å². The van der Waals surface area contributed by atoms with Gasteiger partial charge in [0, 0.05) is 12.0 Å². The van der Waals surface area contributed by atoms with Crippen molar-refractivity contribution in [1.82, 2.24) is 4.90 Å². The number of fused-ring (bicyclic) bond motifs is 1. The van der Waals surface area contributed by atoms with E-state index in [9.17, 15) is 14.7 Å². The fraction of sp³-hybridized carbons (Fsp3) is 0.355. The number of hydrogen-bond donors (Lipinski definition) is 1. The molecule has 204 valence electrons. The second kappa shape index (κ2) is 10.9. The molecule has 0 radical (unpaired) electrons. The molecule has 0 spiro atoms. The average molecular weight is 532 g/mol. The van der Waals surface area contributed by atoms with Crippen LogP contribution in [0.1, 0.15) is 55.7 Å². The summed E-state index contributed by atoms with van der Waals surface area (Å²) in [5.74, 6) is 1.10. The minimum atomic E-state index is -0.864. The molecule has 2 aliphatic rings. The highest BCUT2D eigenvalue weighted by Gasteiger charge is 2.46. The quantitative estimate of drug-likeness (QED) is 0.216. The van der Waals surface area contributed by atoms with Gasteiger partial charge >= 0.3 is 0 Å². The van der Waals surface area contributed by atoms with E-state index in [1.807, 2.05) is 13.0 Å². The van der Waals surface area contributed by atoms with Gasteiger partial charge in [-0.1, -0.05) is 19.9 Å². The van der Waals surface area contributed by atoms with Gasteiger partial charge in [0.05, 0.1) is 38.1 Å². The van der Waals surface area contributed by atoms with Crippen molar-refractivity contribution in [3.05, 3.63) is 82.8 Å². The number of likely N-dealkylation sites (tertiary alicyclic amines) is 1. The Balaban J connectivity index is 1.58. The summed E-state index contributed by atoms with van der Waals surface area (Å²) in [7, 11) is 1.54. The van der Waals surface area contributed by atoms with E-state index in [2.05, 4.69) is 13.8 Å². The van der Waals surface area contributed by atoms with Gasteiger partial charge in [-0.2, -0.15) is 0 Å². The third-order valence-electron chi connectivity index (χ3n) is 7.07. The molecule has 3 heterocycles. The van der Waals surface area contributed by atoms with Gasteiger partial charge in [0.25, 0.3) is 11.7 Å². The number of nitrogens with zero attached hydrogens (tertiary/aromatic N) is 1. The van der Waals surface area contributed by atoms with Gasteiger partial charge in [0.2, 0.25) is 0 Å². The second-order valence-corrected chi connectivity index (χ2v) is 10.4. The molecule has 1 aromatic heterocycles. The van der Waals surface area contributed by atoms with Crippen LogP contribution in [0.25, 0.3) is 5.76 Å². The number of methoxy groups -OCH3 is 1. The van der Waals surface area contributed by atoms with E-state index in [1.165, 1.54) is 11.2 Å². The molecule has 5 rings (SSSR count). The molecule has 2 atom stereocenters. The zero-order valence-corrected chi connectivity index (χ0v) is 22.6. The van der Waals surface area contributed by atoms with E-state index in [0.717, 1.165) is 17.7 Å². The van der Waals surface area contributed by atoms with Crippen molar-refractivity contribution in [2.24, 2.45) is 5.92 Å². The normalized spacial score (nSPS) is 19.9. The average Bonchev–Trinajstić information content (AvgIpc) is 3.62. The van der Waals surface area contributed by atoms with Crippen LogP contribution < -0.4 is 14.2 Å². The van der Waals surface area contributed by atoms with Crippen LogP contribution in [-0.4, -0.2) is 41.5 Å². The molecule has 0 bridgehead atoms. The summed E-state index contributed by atoms with van der Waals surface area (Å²) in [5.41, 5.74) is 2.01. The maximum Gasteiger partial charge on any atom is 0.296 e. The van der Waals surface area contributed by atoms with Crippen LogP contribution in [0.4, 0.5) is 0 Å². The number of carbonyl (C=O) groups is 2. The summed E-state index contributed by atoms with van der Waals surface area (Å²) in [6.07, 6.45) is 3.13. The van der Waals surface area contributed by atoms with Gasteiger partial charge in [-0.3, -0.25) is 9.59 Å². The highest BCUT2D eigenvalue weighted by atomic mass is 16.5. The van der Waals surface area contributed by atoms with Crippen molar-refractivity contribution >= 4 is 17.4 Å². The van der Waals surface area contributed by atoms with Crippen molar-refractivity contribution in [2.75, 3.05) is 13.7 Å². The summed E-state index contributed by atoms with van der Waals surface area (Å²) in [6, 6.07) is 13.2. The fourth-order valence-corrected chi connectivity index (χ4v) is 5.06. The van der Waals surface area contributed by atoms with Gasteiger partial charge < -0.3 is 28.6 Å². The molecule has 0 aliphatic carbocycles. The molecule has 0 saturated carbocycles. The molecule has 2 unspecified atom stereocenters. The molecule has 1 amide bonds. The molecule has 8 nitrogen and oxygen atoms in total. The minimum Gasteiger partial charge on any atom is -0.507 e. The van der Waals surface area contributed by atoms with E-state index in [1.54, 1.807) is 49.6 Å². The molecule has 39 heavy (non-hydrogen) atoms. The summed E-state index contributed by atoms with van der Waals surface area (Å²) in [5, 5.41) is 11.5. The van der Waals surface area contributed by atoms with Crippen molar-refractivity contribution in [1.29, 1.82) is 0 Å². The van der Waals surface area contributed by atoms with Crippen LogP contribution in [0.15, 0.2) is 64.8 Å². The lowest BCUT2D eigenvalue weighted by Crippen LogP contribution is -2.29. The maximum absolute atomic E-state index is 13.4. The SMILES string of the molecule is COc1cc(C2C(=C(O)c3ccc4c(c3)CC(C)O4)C(=O)C(=O)N2Cc2ccco2)ccc1OCCC(C)C. The van der Waals surface area contributed by atoms with Crippen molar-refractivity contribution in [2.45, 2.75) is 52.3 Å². The number of carbonyl (C=O) groups excluding carboxylic acids is 2. The van der Waals surface area contributed by atoms with Gasteiger partial charge in [0.15, 0.2) is 11.5 Å². The largest absolute Gasteiger partial charge is 0.507 e. The van der Waals surface area contributed by atoms with Gasteiger partial charge in [0.1, 0.15) is 23.4 Å². The Morgan fingerprint density at radius 2 is 1.95 bits per heavy atom.